The van der Waals surface area contributed by atoms with E-state index in [-0.39, 0.29) is 5.82 Å². The van der Waals surface area contributed by atoms with Crippen LogP contribution in [0.25, 0.3) is 0 Å². The fraction of sp³-hybridized carbons (Fsp3) is 0.333. The predicted octanol–water partition coefficient (Wildman–Crippen LogP) is 4.76. The van der Waals surface area contributed by atoms with Crippen molar-refractivity contribution in [1.29, 1.82) is 0 Å². The zero-order valence-electron chi connectivity index (χ0n) is 12.1. The summed E-state index contributed by atoms with van der Waals surface area (Å²) in [6.45, 7) is 4.01. The highest BCUT2D eigenvalue weighted by Gasteiger charge is 2.29. The highest BCUT2D eigenvalue weighted by atomic mass is 79.9. The Morgan fingerprint density at radius 3 is 2.81 bits per heavy atom. The molecule has 1 fully saturated rings. The maximum Gasteiger partial charge on any atom is 0.123 e. The zero-order valence-corrected chi connectivity index (χ0v) is 13.7. The van der Waals surface area contributed by atoms with E-state index < -0.39 is 0 Å². The Hall–Kier alpha value is -1.19. The Labute approximate surface area is 133 Å². The second kappa shape index (κ2) is 6.29. The third kappa shape index (κ3) is 3.19. The minimum atomic E-state index is -0.137. The van der Waals surface area contributed by atoms with Crippen molar-refractivity contribution in [2.45, 2.75) is 25.2 Å². The summed E-state index contributed by atoms with van der Waals surface area (Å²) in [6, 6.07) is 13.6. The van der Waals surface area contributed by atoms with E-state index in [1.165, 1.54) is 11.1 Å². The van der Waals surface area contributed by atoms with Gasteiger partial charge in [0.1, 0.15) is 5.82 Å². The Kier molecular flexibility index (Phi) is 4.41. The van der Waals surface area contributed by atoms with Gasteiger partial charge in [-0.3, -0.25) is 0 Å². The van der Waals surface area contributed by atoms with E-state index in [9.17, 15) is 4.39 Å². The smallest absolute Gasteiger partial charge is 0.123 e. The van der Waals surface area contributed by atoms with Crippen LogP contribution in [0.2, 0.25) is 0 Å². The molecule has 0 aliphatic carbocycles. The predicted molar refractivity (Wildman–Crippen MR) is 88.2 cm³/mol. The molecule has 2 atom stereocenters. The third-order valence-corrected chi connectivity index (χ3v) is 4.89. The molecule has 2 aromatic carbocycles. The monoisotopic (exact) mass is 347 g/mol. The lowest BCUT2D eigenvalue weighted by Gasteiger charge is -2.34. The standard InChI is InChI=1S/C18H19BrFN/c1-12-5-6-15(20)10-17(12)16-7-8-21-11-18(16)13-3-2-4-14(19)9-13/h2-6,9-10,16,18,21H,7-8,11H2,1H3. The van der Waals surface area contributed by atoms with Gasteiger partial charge in [-0.05, 0) is 66.8 Å². The van der Waals surface area contributed by atoms with Crippen molar-refractivity contribution in [3.8, 4) is 0 Å². The summed E-state index contributed by atoms with van der Waals surface area (Å²) in [4.78, 5) is 0. The third-order valence-electron chi connectivity index (χ3n) is 4.40. The Morgan fingerprint density at radius 2 is 2.00 bits per heavy atom. The van der Waals surface area contributed by atoms with E-state index in [0.29, 0.717) is 11.8 Å². The molecule has 0 amide bonds. The van der Waals surface area contributed by atoms with Gasteiger partial charge in [0, 0.05) is 16.9 Å². The van der Waals surface area contributed by atoms with Crippen LogP contribution in [0, 0.1) is 12.7 Å². The van der Waals surface area contributed by atoms with Crippen molar-refractivity contribution in [2.75, 3.05) is 13.1 Å². The molecule has 0 aromatic heterocycles. The highest BCUT2D eigenvalue weighted by molar-refractivity contribution is 9.10. The summed E-state index contributed by atoms with van der Waals surface area (Å²) in [5.74, 6) is 0.620. The Bertz CT molecular complexity index is 641. The second-order valence-corrected chi connectivity index (χ2v) is 6.68. The van der Waals surface area contributed by atoms with Gasteiger partial charge in [0.25, 0.3) is 0 Å². The summed E-state index contributed by atoms with van der Waals surface area (Å²) in [6.07, 6.45) is 1.04. The maximum absolute atomic E-state index is 13.7. The first kappa shape index (κ1) is 14.7. The molecule has 1 nitrogen and oxygen atoms in total. The SMILES string of the molecule is Cc1ccc(F)cc1C1CCNCC1c1cccc(Br)c1. The molecule has 110 valence electrons. The van der Waals surface area contributed by atoms with Gasteiger partial charge in [0.05, 0.1) is 0 Å². The van der Waals surface area contributed by atoms with Crippen LogP contribution in [0.1, 0.15) is 34.9 Å². The van der Waals surface area contributed by atoms with Crippen LogP contribution in [-0.4, -0.2) is 13.1 Å². The molecule has 3 rings (SSSR count). The second-order valence-electron chi connectivity index (χ2n) is 5.76. The van der Waals surface area contributed by atoms with Crippen LogP contribution in [0.4, 0.5) is 4.39 Å². The maximum atomic E-state index is 13.7. The summed E-state index contributed by atoms with van der Waals surface area (Å²) in [7, 11) is 0. The summed E-state index contributed by atoms with van der Waals surface area (Å²) in [5.41, 5.74) is 3.65. The lowest BCUT2D eigenvalue weighted by Crippen LogP contribution is -2.34. The summed E-state index contributed by atoms with van der Waals surface area (Å²) < 4.78 is 14.8. The van der Waals surface area contributed by atoms with Gasteiger partial charge in [-0.15, -0.1) is 0 Å². The molecule has 0 bridgehead atoms. The molecule has 2 aromatic rings. The van der Waals surface area contributed by atoms with Crippen LogP contribution in [0.3, 0.4) is 0 Å². The van der Waals surface area contributed by atoms with Crippen molar-refractivity contribution in [3.63, 3.8) is 0 Å². The van der Waals surface area contributed by atoms with Gasteiger partial charge in [0.15, 0.2) is 0 Å². The fourth-order valence-corrected chi connectivity index (χ4v) is 3.75. The van der Waals surface area contributed by atoms with E-state index in [0.717, 1.165) is 29.5 Å². The number of nitrogens with one attached hydrogen (secondary N) is 1. The van der Waals surface area contributed by atoms with Gasteiger partial charge in [-0.2, -0.15) is 0 Å². The van der Waals surface area contributed by atoms with Crippen LogP contribution >= 0.6 is 15.9 Å². The molecule has 3 heteroatoms. The zero-order chi connectivity index (χ0) is 14.8. The molecule has 0 saturated carbocycles. The molecule has 1 heterocycles. The van der Waals surface area contributed by atoms with Crippen molar-refractivity contribution in [1.82, 2.24) is 5.32 Å². The van der Waals surface area contributed by atoms with Gasteiger partial charge >= 0.3 is 0 Å². The topological polar surface area (TPSA) is 12.0 Å². The minimum Gasteiger partial charge on any atom is -0.316 e. The first-order chi connectivity index (χ1) is 10.1. The number of hydrogen-bond acceptors (Lipinski definition) is 1. The van der Waals surface area contributed by atoms with E-state index in [1.807, 2.05) is 12.1 Å². The van der Waals surface area contributed by atoms with Crippen LogP contribution < -0.4 is 5.32 Å². The van der Waals surface area contributed by atoms with E-state index >= 15 is 0 Å². The molecule has 1 saturated heterocycles. The molecule has 1 aliphatic rings. The number of aryl methyl sites for hydroxylation is 1. The van der Waals surface area contributed by atoms with Crippen molar-refractivity contribution >= 4 is 15.9 Å². The van der Waals surface area contributed by atoms with Gasteiger partial charge in [-0.1, -0.05) is 34.1 Å². The number of rotatable bonds is 2. The van der Waals surface area contributed by atoms with Gasteiger partial charge in [0.2, 0.25) is 0 Å². The Balaban J connectivity index is 2.00. The molecule has 1 N–H and O–H groups in total. The van der Waals surface area contributed by atoms with E-state index in [1.54, 1.807) is 12.1 Å². The van der Waals surface area contributed by atoms with Crippen LogP contribution in [0.15, 0.2) is 46.9 Å². The normalized spacial score (nSPS) is 22.2. The largest absolute Gasteiger partial charge is 0.316 e. The molecular weight excluding hydrogens is 329 g/mol. The fourth-order valence-electron chi connectivity index (χ4n) is 3.33. The lowest BCUT2D eigenvalue weighted by atomic mass is 9.76. The molecule has 2 unspecified atom stereocenters. The van der Waals surface area contributed by atoms with Gasteiger partial charge < -0.3 is 5.32 Å². The average molecular weight is 348 g/mol. The van der Waals surface area contributed by atoms with E-state index in [2.05, 4.69) is 46.4 Å². The Morgan fingerprint density at radius 1 is 1.14 bits per heavy atom. The molecule has 21 heavy (non-hydrogen) atoms. The molecule has 0 radical (unpaired) electrons. The first-order valence-corrected chi connectivity index (χ1v) is 8.16. The number of halogens is 2. The number of benzene rings is 2. The van der Waals surface area contributed by atoms with Crippen LogP contribution in [-0.2, 0) is 0 Å². The number of piperidine rings is 1. The summed E-state index contributed by atoms with van der Waals surface area (Å²) >= 11 is 3.55. The molecule has 1 aliphatic heterocycles. The van der Waals surface area contributed by atoms with Crippen LogP contribution in [0.5, 0.6) is 0 Å². The number of hydrogen-bond donors (Lipinski definition) is 1. The minimum absolute atomic E-state index is 0.137. The average Bonchev–Trinajstić information content (AvgIpc) is 2.50. The van der Waals surface area contributed by atoms with Crippen molar-refractivity contribution in [3.05, 3.63) is 69.4 Å². The van der Waals surface area contributed by atoms with Gasteiger partial charge in [-0.25, -0.2) is 4.39 Å². The molecule has 0 spiro atoms. The van der Waals surface area contributed by atoms with Crippen molar-refractivity contribution in [2.24, 2.45) is 0 Å². The highest BCUT2D eigenvalue weighted by Crippen LogP contribution is 2.39. The van der Waals surface area contributed by atoms with E-state index in [4.69, 9.17) is 0 Å². The molecular formula is C18H19BrFN. The quantitative estimate of drug-likeness (QED) is 0.825. The first-order valence-electron chi connectivity index (χ1n) is 7.37. The summed E-state index contributed by atoms with van der Waals surface area (Å²) in [5, 5.41) is 3.48. The lowest BCUT2D eigenvalue weighted by molar-refractivity contribution is 0.402. The van der Waals surface area contributed by atoms with Crippen molar-refractivity contribution < 1.29 is 4.39 Å².